The zero-order valence-electron chi connectivity index (χ0n) is 29.5. The predicted molar refractivity (Wildman–Crippen MR) is 195 cm³/mol. The number of hydrogen-bond donors (Lipinski definition) is 0. The standard InChI is InChI=1S/C21H25.C13H10.C11H11.2ClH.Zr/c1-20(2,3)16-7-9-18-14(12-16)11-15-13-17(21(4,5)6)8-10-19(15)18;1-3-7-12(8-4-1)11-13-9-5-2-6-10-13;1-8-6-7-10-4-3-5-11(10)9(8)2;;;/h7-13H,1-6H3;1-10H;3-7H,1-2H3;2*1H;/q;;;;;+2/p-2. The van der Waals surface area contributed by atoms with Crippen molar-refractivity contribution in [2.45, 2.75) is 73.5 Å². The molecule has 5 aromatic carbocycles. The Kier molecular flexibility index (Phi) is 10.5. The first-order valence-corrected chi connectivity index (χ1v) is 20.9. The third-order valence-corrected chi connectivity index (χ3v) is 19.2. The van der Waals surface area contributed by atoms with Crippen LogP contribution in [-0.2, 0) is 32.1 Å². The summed E-state index contributed by atoms with van der Waals surface area (Å²) < 4.78 is 2.43. The van der Waals surface area contributed by atoms with Crippen molar-refractivity contribution in [3.8, 4) is 11.1 Å². The molecule has 0 saturated carbocycles. The molecule has 1 atom stereocenters. The first-order valence-electron chi connectivity index (χ1n) is 16.9. The van der Waals surface area contributed by atoms with Crippen LogP contribution in [0.2, 0.25) is 0 Å². The van der Waals surface area contributed by atoms with Gasteiger partial charge in [0.15, 0.2) is 0 Å². The molecule has 0 bridgehead atoms. The summed E-state index contributed by atoms with van der Waals surface area (Å²) in [5.41, 5.74) is 17.6. The fourth-order valence-corrected chi connectivity index (χ4v) is 17.5. The maximum absolute atomic E-state index is 2.87. The Morgan fingerprint density at radius 1 is 0.562 bits per heavy atom. The van der Waals surface area contributed by atoms with Gasteiger partial charge in [-0.15, -0.1) is 0 Å². The SMILES string of the molecule is Cc1ccc2c(c1C)C=C[CH]2[Zr+2](=[C](c1ccccc1)c1ccccc1)[CH]1c2cc(C(C)(C)C)ccc2-c2ccc(C(C)(C)C)cc21.[Cl-].[Cl-]. The summed E-state index contributed by atoms with van der Waals surface area (Å²) in [5, 5.41) is 0. The van der Waals surface area contributed by atoms with Crippen LogP contribution in [0.15, 0.2) is 115 Å². The second kappa shape index (κ2) is 13.8. The normalized spacial score (nSPS) is 14.6. The number of fused-ring (bicyclic) bond motifs is 4. The molecule has 0 radical (unpaired) electrons. The molecular formula is C45H46Cl2Zr. The predicted octanol–water partition coefficient (Wildman–Crippen LogP) is 5.63. The van der Waals surface area contributed by atoms with Gasteiger partial charge in [0.1, 0.15) is 0 Å². The number of hydrogen-bond acceptors (Lipinski definition) is 0. The number of aryl methyl sites for hydroxylation is 1. The first kappa shape index (κ1) is 36.5. The van der Waals surface area contributed by atoms with Gasteiger partial charge in [-0.2, -0.15) is 0 Å². The molecule has 48 heavy (non-hydrogen) atoms. The summed E-state index contributed by atoms with van der Waals surface area (Å²) in [6.45, 7) is 18.7. The topological polar surface area (TPSA) is 0 Å². The Bertz CT molecular complexity index is 1920. The number of halogens is 2. The Morgan fingerprint density at radius 3 is 1.50 bits per heavy atom. The average Bonchev–Trinajstić information content (AvgIpc) is 3.61. The van der Waals surface area contributed by atoms with Gasteiger partial charge in [-0.3, -0.25) is 0 Å². The summed E-state index contributed by atoms with van der Waals surface area (Å²) in [6, 6.07) is 42.5. The number of allylic oxidation sites excluding steroid dienone is 1. The summed E-state index contributed by atoms with van der Waals surface area (Å²) in [7, 11) is 0. The molecule has 7 rings (SSSR count). The van der Waals surface area contributed by atoms with Crippen LogP contribution in [-0.4, -0.2) is 3.21 Å². The number of rotatable bonds is 4. The summed E-state index contributed by atoms with van der Waals surface area (Å²) >= 11 is -2.87. The molecule has 0 fully saturated rings. The fourth-order valence-electron chi connectivity index (χ4n) is 7.64. The Morgan fingerprint density at radius 2 is 1.04 bits per heavy atom. The van der Waals surface area contributed by atoms with Gasteiger partial charge in [-0.05, 0) is 0 Å². The van der Waals surface area contributed by atoms with Crippen LogP contribution in [0.3, 0.4) is 0 Å². The molecule has 0 saturated heterocycles. The van der Waals surface area contributed by atoms with Crippen LogP contribution in [0.1, 0.15) is 104 Å². The molecule has 0 amide bonds. The minimum absolute atomic E-state index is 0. The van der Waals surface area contributed by atoms with Gasteiger partial charge in [-0.1, -0.05) is 0 Å². The second-order valence-electron chi connectivity index (χ2n) is 15.4. The third kappa shape index (κ3) is 6.44. The van der Waals surface area contributed by atoms with Crippen LogP contribution in [0.4, 0.5) is 0 Å². The Hall–Kier alpha value is -2.83. The minimum Gasteiger partial charge on any atom is -1.00 e. The van der Waals surface area contributed by atoms with Crippen LogP contribution in [0.25, 0.3) is 17.2 Å². The molecular weight excluding hydrogens is 703 g/mol. The minimum atomic E-state index is -2.87. The van der Waals surface area contributed by atoms with Crippen molar-refractivity contribution < 1.29 is 46.1 Å². The van der Waals surface area contributed by atoms with E-state index in [9.17, 15) is 0 Å². The molecule has 0 N–H and O–H groups in total. The number of benzene rings is 5. The zero-order chi connectivity index (χ0) is 32.4. The quantitative estimate of drug-likeness (QED) is 0.224. The van der Waals surface area contributed by atoms with E-state index in [1.807, 2.05) is 0 Å². The Balaban J connectivity index is 0.00000225. The van der Waals surface area contributed by atoms with E-state index in [2.05, 4.69) is 177 Å². The van der Waals surface area contributed by atoms with Crippen LogP contribution >= 0.6 is 0 Å². The van der Waals surface area contributed by atoms with E-state index in [1.54, 1.807) is 14.3 Å². The van der Waals surface area contributed by atoms with E-state index in [4.69, 9.17) is 0 Å². The fraction of sp³-hybridized carbons (Fsp3) is 0.267. The van der Waals surface area contributed by atoms with E-state index < -0.39 is 21.3 Å². The monoisotopic (exact) mass is 746 g/mol. The van der Waals surface area contributed by atoms with Gasteiger partial charge in [0.25, 0.3) is 0 Å². The molecule has 0 heterocycles. The summed E-state index contributed by atoms with van der Waals surface area (Å²) in [6.07, 6.45) is 5.07. The maximum Gasteiger partial charge on any atom is -1.00 e. The molecule has 0 aliphatic heterocycles. The summed E-state index contributed by atoms with van der Waals surface area (Å²) in [5.74, 6) is 0. The van der Waals surface area contributed by atoms with E-state index in [-0.39, 0.29) is 35.6 Å². The van der Waals surface area contributed by atoms with Crippen molar-refractivity contribution >= 4 is 9.28 Å². The third-order valence-electron chi connectivity index (χ3n) is 10.4. The smallest absolute Gasteiger partial charge is 1.00 e. The van der Waals surface area contributed by atoms with Crippen molar-refractivity contribution in [2.24, 2.45) is 0 Å². The second-order valence-corrected chi connectivity index (χ2v) is 21.9. The van der Waals surface area contributed by atoms with E-state index in [1.165, 1.54) is 55.6 Å². The van der Waals surface area contributed by atoms with Crippen molar-refractivity contribution in [2.75, 3.05) is 0 Å². The first-order chi connectivity index (χ1) is 21.9. The van der Waals surface area contributed by atoms with Gasteiger partial charge in [0.2, 0.25) is 0 Å². The van der Waals surface area contributed by atoms with Crippen molar-refractivity contribution in [3.63, 3.8) is 0 Å². The van der Waals surface area contributed by atoms with Crippen LogP contribution in [0.5, 0.6) is 0 Å². The maximum atomic E-state index is 2.61. The van der Waals surface area contributed by atoms with Gasteiger partial charge in [-0.25, -0.2) is 0 Å². The average molecular weight is 749 g/mol. The van der Waals surface area contributed by atoms with Crippen LogP contribution < -0.4 is 24.8 Å². The molecule has 1 unspecified atom stereocenters. The van der Waals surface area contributed by atoms with Gasteiger partial charge in [0, 0.05) is 0 Å². The van der Waals surface area contributed by atoms with Gasteiger partial charge >= 0.3 is 286 Å². The molecule has 3 heteroatoms. The molecule has 2 aliphatic rings. The zero-order valence-corrected chi connectivity index (χ0v) is 33.4. The molecule has 0 nitrogen and oxygen atoms in total. The molecule has 5 aromatic rings. The van der Waals surface area contributed by atoms with Gasteiger partial charge < -0.3 is 24.8 Å². The summed E-state index contributed by atoms with van der Waals surface area (Å²) in [4.78, 5) is 0. The van der Waals surface area contributed by atoms with Crippen molar-refractivity contribution in [3.05, 3.63) is 171 Å². The van der Waals surface area contributed by atoms with Crippen molar-refractivity contribution in [1.29, 1.82) is 0 Å². The molecule has 2 aliphatic carbocycles. The van der Waals surface area contributed by atoms with Gasteiger partial charge in [0.05, 0.1) is 0 Å². The van der Waals surface area contributed by atoms with E-state index in [0.717, 1.165) is 0 Å². The molecule has 244 valence electrons. The molecule has 0 aromatic heterocycles. The van der Waals surface area contributed by atoms with Crippen LogP contribution in [0, 0.1) is 13.8 Å². The van der Waals surface area contributed by atoms with Crippen molar-refractivity contribution in [1.82, 2.24) is 0 Å². The molecule has 0 spiro atoms. The largest absolute Gasteiger partial charge is 1.00 e. The van der Waals surface area contributed by atoms with E-state index in [0.29, 0.717) is 7.25 Å². The Labute approximate surface area is 308 Å². The van der Waals surface area contributed by atoms with E-state index >= 15 is 0 Å².